The second-order valence-corrected chi connectivity index (χ2v) is 4.50. The van der Waals surface area contributed by atoms with Gasteiger partial charge in [-0.05, 0) is 32.5 Å². The minimum Gasteiger partial charge on any atom is -0.463 e. The number of likely N-dealkylation sites (N-methyl/N-ethyl adjacent to an activating group) is 1. The number of nitrogens with zero attached hydrogens (tertiary/aromatic N) is 1. The third-order valence-corrected chi connectivity index (χ3v) is 3.26. The molecule has 19 heavy (non-hydrogen) atoms. The number of hydrogen-bond donors (Lipinski definition) is 0. The fourth-order valence-electron chi connectivity index (χ4n) is 2.26. The zero-order valence-electron chi connectivity index (χ0n) is 12.3. The Kier molecular flexibility index (Phi) is 6.05. The number of esters is 1. The van der Waals surface area contributed by atoms with Crippen molar-refractivity contribution in [1.29, 1.82) is 0 Å². The van der Waals surface area contributed by atoms with Gasteiger partial charge in [-0.1, -0.05) is 6.92 Å². The fourth-order valence-corrected chi connectivity index (χ4v) is 2.26. The first-order chi connectivity index (χ1) is 9.04. The maximum Gasteiger partial charge on any atom is 0.373 e. The number of carbonyl (C=O) groups is 1. The first-order valence-electron chi connectivity index (χ1n) is 6.47. The van der Waals surface area contributed by atoms with E-state index in [1.165, 1.54) is 7.11 Å². The second kappa shape index (κ2) is 7.31. The Balaban J connectivity index is 2.82. The molecular formula is C14H23NO4. The highest BCUT2D eigenvalue weighted by Gasteiger charge is 2.23. The zero-order chi connectivity index (χ0) is 14.4. The van der Waals surface area contributed by atoms with Crippen molar-refractivity contribution in [2.24, 2.45) is 0 Å². The Morgan fingerprint density at radius 3 is 2.58 bits per heavy atom. The summed E-state index contributed by atoms with van der Waals surface area (Å²) in [6.07, 6.45) is 0. The molecule has 5 nitrogen and oxygen atoms in total. The Bertz CT molecular complexity index is 402. The maximum absolute atomic E-state index is 11.4. The van der Waals surface area contributed by atoms with Crippen LogP contribution in [0, 0.1) is 0 Å². The van der Waals surface area contributed by atoms with Crippen LogP contribution in [0.1, 0.15) is 43.1 Å². The van der Waals surface area contributed by atoms with E-state index in [2.05, 4.69) is 30.4 Å². The van der Waals surface area contributed by atoms with Crippen LogP contribution in [0.2, 0.25) is 0 Å². The van der Waals surface area contributed by atoms with E-state index in [1.54, 1.807) is 13.2 Å². The zero-order valence-corrected chi connectivity index (χ0v) is 12.3. The van der Waals surface area contributed by atoms with E-state index >= 15 is 0 Å². The van der Waals surface area contributed by atoms with Gasteiger partial charge in [0.1, 0.15) is 5.76 Å². The highest BCUT2D eigenvalue weighted by molar-refractivity contribution is 5.86. The van der Waals surface area contributed by atoms with E-state index < -0.39 is 5.97 Å². The van der Waals surface area contributed by atoms with E-state index in [-0.39, 0.29) is 17.8 Å². The average molecular weight is 269 g/mol. The molecule has 1 heterocycles. The van der Waals surface area contributed by atoms with Gasteiger partial charge in [-0.15, -0.1) is 0 Å². The summed E-state index contributed by atoms with van der Waals surface area (Å²) in [5.41, 5.74) is 0. The average Bonchev–Trinajstić information content (AvgIpc) is 2.88. The predicted octanol–water partition coefficient (Wildman–Crippen LogP) is 2.48. The van der Waals surface area contributed by atoms with Crippen molar-refractivity contribution in [2.45, 2.75) is 32.9 Å². The van der Waals surface area contributed by atoms with E-state index in [4.69, 9.17) is 9.15 Å². The first-order valence-corrected chi connectivity index (χ1v) is 6.47. The standard InChI is InChI=1S/C14H23NO4/c1-6-15(10(2)9-17-4)11(3)12-7-8-13(19-12)14(16)18-5/h7-8,10-11H,6,9H2,1-5H3. The monoisotopic (exact) mass is 269 g/mol. The van der Waals surface area contributed by atoms with Gasteiger partial charge < -0.3 is 13.9 Å². The molecule has 0 aliphatic heterocycles. The largest absolute Gasteiger partial charge is 0.463 e. The predicted molar refractivity (Wildman–Crippen MR) is 72.2 cm³/mol. The fraction of sp³-hybridized carbons (Fsp3) is 0.643. The lowest BCUT2D eigenvalue weighted by Gasteiger charge is -2.32. The minimum atomic E-state index is -0.452. The minimum absolute atomic E-state index is 0.0774. The van der Waals surface area contributed by atoms with Crippen LogP contribution >= 0.6 is 0 Å². The molecule has 1 aromatic rings. The van der Waals surface area contributed by atoms with Crippen LogP contribution in [0.3, 0.4) is 0 Å². The third kappa shape index (κ3) is 3.81. The van der Waals surface area contributed by atoms with Crippen LogP contribution in [0.15, 0.2) is 16.5 Å². The lowest BCUT2D eigenvalue weighted by molar-refractivity contribution is 0.0542. The number of rotatable bonds is 7. The lowest BCUT2D eigenvalue weighted by Crippen LogP contribution is -2.37. The van der Waals surface area contributed by atoms with Gasteiger partial charge in [-0.2, -0.15) is 0 Å². The summed E-state index contributed by atoms with van der Waals surface area (Å²) in [6.45, 7) is 7.78. The SMILES string of the molecule is CCN(C(C)COC)C(C)c1ccc(C(=O)OC)o1. The molecule has 108 valence electrons. The highest BCUT2D eigenvalue weighted by atomic mass is 16.5. The number of methoxy groups -OCH3 is 2. The molecule has 0 aliphatic rings. The molecule has 0 amide bonds. The van der Waals surface area contributed by atoms with Crippen molar-refractivity contribution in [3.63, 3.8) is 0 Å². The molecule has 0 aromatic carbocycles. The van der Waals surface area contributed by atoms with E-state index in [9.17, 15) is 4.79 Å². The van der Waals surface area contributed by atoms with Gasteiger partial charge in [0.05, 0.1) is 19.8 Å². The summed E-state index contributed by atoms with van der Waals surface area (Å²) < 4.78 is 15.4. The van der Waals surface area contributed by atoms with Crippen LogP contribution in [0.5, 0.6) is 0 Å². The van der Waals surface area contributed by atoms with Gasteiger partial charge in [0, 0.05) is 13.2 Å². The molecular weight excluding hydrogens is 246 g/mol. The number of ether oxygens (including phenoxy) is 2. The molecule has 0 saturated heterocycles. The molecule has 2 atom stereocenters. The van der Waals surface area contributed by atoms with Crippen molar-refractivity contribution < 1.29 is 18.7 Å². The lowest BCUT2D eigenvalue weighted by atomic mass is 10.1. The van der Waals surface area contributed by atoms with Crippen molar-refractivity contribution in [3.05, 3.63) is 23.7 Å². The van der Waals surface area contributed by atoms with Gasteiger partial charge in [0.15, 0.2) is 0 Å². The first kappa shape index (κ1) is 15.7. The Hall–Kier alpha value is -1.33. The van der Waals surface area contributed by atoms with E-state index in [1.807, 2.05) is 6.07 Å². The molecule has 0 N–H and O–H groups in total. The topological polar surface area (TPSA) is 51.9 Å². The Labute approximate surface area is 114 Å². The molecule has 0 saturated carbocycles. The second-order valence-electron chi connectivity index (χ2n) is 4.50. The number of furan rings is 1. The third-order valence-electron chi connectivity index (χ3n) is 3.26. The summed E-state index contributed by atoms with van der Waals surface area (Å²) in [5.74, 6) is 0.538. The van der Waals surface area contributed by atoms with Crippen LogP contribution in [0.25, 0.3) is 0 Å². The van der Waals surface area contributed by atoms with Crippen molar-refractivity contribution in [1.82, 2.24) is 4.90 Å². The van der Waals surface area contributed by atoms with Crippen molar-refractivity contribution in [2.75, 3.05) is 27.4 Å². The van der Waals surface area contributed by atoms with Gasteiger partial charge in [0.2, 0.25) is 5.76 Å². The molecule has 5 heteroatoms. The van der Waals surface area contributed by atoms with Crippen LogP contribution in [-0.4, -0.2) is 44.3 Å². The summed E-state index contributed by atoms with van der Waals surface area (Å²) in [5, 5.41) is 0. The molecule has 1 aromatic heterocycles. The molecule has 0 fully saturated rings. The quantitative estimate of drug-likeness (QED) is 0.712. The molecule has 0 radical (unpaired) electrons. The van der Waals surface area contributed by atoms with E-state index in [0.29, 0.717) is 6.61 Å². The van der Waals surface area contributed by atoms with Crippen LogP contribution in [-0.2, 0) is 9.47 Å². The Morgan fingerprint density at radius 1 is 1.37 bits per heavy atom. The van der Waals surface area contributed by atoms with Gasteiger partial charge in [-0.3, -0.25) is 4.90 Å². The highest BCUT2D eigenvalue weighted by Crippen LogP contribution is 2.24. The molecule has 0 aliphatic carbocycles. The molecule has 1 rings (SSSR count). The summed E-state index contributed by atoms with van der Waals surface area (Å²) >= 11 is 0. The number of carbonyl (C=O) groups excluding carboxylic acids is 1. The number of hydrogen-bond acceptors (Lipinski definition) is 5. The summed E-state index contributed by atoms with van der Waals surface area (Å²) in [4.78, 5) is 13.6. The van der Waals surface area contributed by atoms with Gasteiger partial charge in [-0.25, -0.2) is 4.79 Å². The van der Waals surface area contributed by atoms with Crippen LogP contribution < -0.4 is 0 Å². The smallest absolute Gasteiger partial charge is 0.373 e. The molecule has 0 spiro atoms. The molecule has 2 unspecified atom stereocenters. The Morgan fingerprint density at radius 2 is 2.05 bits per heavy atom. The van der Waals surface area contributed by atoms with Crippen molar-refractivity contribution >= 4 is 5.97 Å². The normalized spacial score (nSPS) is 14.4. The van der Waals surface area contributed by atoms with Gasteiger partial charge in [0.25, 0.3) is 0 Å². The van der Waals surface area contributed by atoms with Crippen molar-refractivity contribution in [3.8, 4) is 0 Å². The maximum atomic E-state index is 11.4. The van der Waals surface area contributed by atoms with Crippen LogP contribution in [0.4, 0.5) is 0 Å². The van der Waals surface area contributed by atoms with Gasteiger partial charge >= 0.3 is 5.97 Å². The summed E-state index contributed by atoms with van der Waals surface area (Å²) in [7, 11) is 3.03. The summed E-state index contributed by atoms with van der Waals surface area (Å²) in [6, 6.07) is 3.82. The molecule has 0 bridgehead atoms. The van der Waals surface area contributed by atoms with E-state index in [0.717, 1.165) is 12.3 Å².